The van der Waals surface area contributed by atoms with Crippen molar-refractivity contribution in [3.63, 3.8) is 0 Å². The Morgan fingerprint density at radius 3 is 2.83 bits per heavy atom. The van der Waals surface area contributed by atoms with Crippen LogP contribution < -0.4 is 5.32 Å². The minimum absolute atomic E-state index is 0.672. The maximum absolute atomic E-state index is 4.50. The van der Waals surface area contributed by atoms with E-state index >= 15 is 0 Å². The van der Waals surface area contributed by atoms with Gasteiger partial charge in [0.25, 0.3) is 0 Å². The van der Waals surface area contributed by atoms with E-state index in [4.69, 9.17) is 0 Å². The summed E-state index contributed by atoms with van der Waals surface area (Å²) in [5, 5.41) is 3.19. The Labute approximate surface area is 107 Å². The van der Waals surface area contributed by atoms with Gasteiger partial charge in [-0.15, -0.1) is 0 Å². The van der Waals surface area contributed by atoms with Crippen molar-refractivity contribution >= 4 is 5.95 Å². The SMILES string of the molecule is CCCNc1nccc(-n2ccnc2CCC)n1. The third kappa shape index (κ3) is 2.85. The minimum atomic E-state index is 0.672. The molecule has 0 aromatic carbocycles. The maximum Gasteiger partial charge on any atom is 0.224 e. The molecule has 96 valence electrons. The van der Waals surface area contributed by atoms with Crippen molar-refractivity contribution in [3.8, 4) is 5.82 Å². The molecule has 0 aliphatic heterocycles. The van der Waals surface area contributed by atoms with Gasteiger partial charge in [-0.3, -0.25) is 4.57 Å². The zero-order valence-corrected chi connectivity index (χ0v) is 10.9. The number of aromatic nitrogens is 4. The van der Waals surface area contributed by atoms with Crippen molar-refractivity contribution in [1.82, 2.24) is 19.5 Å². The van der Waals surface area contributed by atoms with E-state index in [9.17, 15) is 0 Å². The van der Waals surface area contributed by atoms with Crippen LogP contribution in [0.25, 0.3) is 5.82 Å². The molecule has 0 fully saturated rings. The summed E-state index contributed by atoms with van der Waals surface area (Å²) >= 11 is 0. The average molecular weight is 245 g/mol. The van der Waals surface area contributed by atoms with E-state index in [1.807, 2.05) is 23.0 Å². The molecule has 2 heterocycles. The van der Waals surface area contributed by atoms with Gasteiger partial charge < -0.3 is 5.32 Å². The highest BCUT2D eigenvalue weighted by atomic mass is 15.2. The molecule has 0 aliphatic rings. The van der Waals surface area contributed by atoms with Gasteiger partial charge in [0, 0.05) is 31.6 Å². The Balaban J connectivity index is 2.24. The average Bonchev–Trinajstić information content (AvgIpc) is 2.85. The van der Waals surface area contributed by atoms with Crippen molar-refractivity contribution < 1.29 is 0 Å². The predicted octanol–water partition coefficient (Wildman–Crippen LogP) is 2.44. The molecule has 2 rings (SSSR count). The zero-order valence-electron chi connectivity index (χ0n) is 10.9. The molecule has 18 heavy (non-hydrogen) atoms. The first-order valence-electron chi connectivity index (χ1n) is 6.44. The van der Waals surface area contributed by atoms with Gasteiger partial charge in [0.1, 0.15) is 11.6 Å². The normalized spacial score (nSPS) is 10.6. The van der Waals surface area contributed by atoms with E-state index in [2.05, 4.69) is 34.1 Å². The molecule has 2 aromatic rings. The van der Waals surface area contributed by atoms with Crippen molar-refractivity contribution in [2.75, 3.05) is 11.9 Å². The highest BCUT2D eigenvalue weighted by Gasteiger charge is 2.06. The maximum atomic E-state index is 4.50. The van der Waals surface area contributed by atoms with Gasteiger partial charge in [-0.25, -0.2) is 9.97 Å². The molecule has 5 nitrogen and oxygen atoms in total. The first-order chi connectivity index (χ1) is 8.85. The molecule has 0 saturated carbocycles. The Kier molecular flexibility index (Phi) is 4.28. The Bertz CT molecular complexity index is 492. The molecule has 0 amide bonds. The second-order valence-corrected chi connectivity index (χ2v) is 4.13. The molecule has 0 spiro atoms. The summed E-state index contributed by atoms with van der Waals surface area (Å²) in [6.07, 6.45) is 8.61. The Morgan fingerprint density at radius 1 is 1.17 bits per heavy atom. The van der Waals surface area contributed by atoms with Crippen LogP contribution >= 0.6 is 0 Å². The lowest BCUT2D eigenvalue weighted by Gasteiger charge is -2.08. The van der Waals surface area contributed by atoms with Crippen molar-refractivity contribution in [1.29, 1.82) is 0 Å². The molecule has 0 unspecified atom stereocenters. The first-order valence-corrected chi connectivity index (χ1v) is 6.44. The fraction of sp³-hybridized carbons (Fsp3) is 0.462. The number of rotatable bonds is 6. The largest absolute Gasteiger partial charge is 0.354 e. The van der Waals surface area contributed by atoms with Gasteiger partial charge >= 0.3 is 0 Å². The van der Waals surface area contributed by atoms with Crippen LogP contribution in [0.4, 0.5) is 5.95 Å². The van der Waals surface area contributed by atoms with Crippen LogP contribution in [0.5, 0.6) is 0 Å². The fourth-order valence-electron chi connectivity index (χ4n) is 1.76. The lowest BCUT2D eigenvalue weighted by molar-refractivity contribution is 0.795. The molecular weight excluding hydrogens is 226 g/mol. The molecule has 0 bridgehead atoms. The second-order valence-electron chi connectivity index (χ2n) is 4.13. The lowest BCUT2D eigenvalue weighted by Crippen LogP contribution is -2.08. The highest BCUT2D eigenvalue weighted by molar-refractivity contribution is 5.32. The smallest absolute Gasteiger partial charge is 0.224 e. The van der Waals surface area contributed by atoms with Crippen LogP contribution in [-0.4, -0.2) is 26.1 Å². The van der Waals surface area contributed by atoms with Gasteiger partial charge in [0.2, 0.25) is 5.95 Å². The second kappa shape index (κ2) is 6.14. The standard InChI is InChI=1S/C13H19N5/c1-3-5-11-14-9-10-18(11)12-6-8-16-13(17-12)15-7-4-2/h6,8-10H,3-5,7H2,1-2H3,(H,15,16,17). The summed E-state index contributed by atoms with van der Waals surface area (Å²) < 4.78 is 2.02. The van der Waals surface area contributed by atoms with Crippen molar-refractivity contribution in [2.45, 2.75) is 33.1 Å². The summed E-state index contributed by atoms with van der Waals surface area (Å²) in [6, 6.07) is 1.90. The minimum Gasteiger partial charge on any atom is -0.354 e. The van der Waals surface area contributed by atoms with Crippen molar-refractivity contribution in [3.05, 3.63) is 30.5 Å². The van der Waals surface area contributed by atoms with Gasteiger partial charge in [0.15, 0.2) is 0 Å². The molecular formula is C13H19N5. The summed E-state index contributed by atoms with van der Waals surface area (Å²) in [6.45, 7) is 5.15. The third-order valence-corrected chi connectivity index (χ3v) is 2.61. The van der Waals surface area contributed by atoms with Crippen LogP contribution in [-0.2, 0) is 6.42 Å². The number of aryl methyl sites for hydroxylation is 1. The molecule has 0 saturated heterocycles. The van der Waals surface area contributed by atoms with E-state index in [1.165, 1.54) is 0 Å². The van der Waals surface area contributed by atoms with E-state index in [1.54, 1.807) is 6.20 Å². The van der Waals surface area contributed by atoms with Crippen LogP contribution in [0.1, 0.15) is 32.5 Å². The topological polar surface area (TPSA) is 55.6 Å². The van der Waals surface area contributed by atoms with E-state index < -0.39 is 0 Å². The quantitative estimate of drug-likeness (QED) is 0.849. The van der Waals surface area contributed by atoms with Crippen LogP contribution in [0, 0.1) is 0 Å². The number of imidazole rings is 1. The van der Waals surface area contributed by atoms with Crippen LogP contribution in [0.3, 0.4) is 0 Å². The van der Waals surface area contributed by atoms with Gasteiger partial charge in [0.05, 0.1) is 0 Å². The Morgan fingerprint density at radius 2 is 2.06 bits per heavy atom. The van der Waals surface area contributed by atoms with E-state index in [0.29, 0.717) is 5.95 Å². The van der Waals surface area contributed by atoms with Crippen LogP contribution in [0.15, 0.2) is 24.7 Å². The summed E-state index contributed by atoms with van der Waals surface area (Å²) in [5.41, 5.74) is 0. The Hall–Kier alpha value is -1.91. The molecule has 2 aromatic heterocycles. The first kappa shape index (κ1) is 12.5. The third-order valence-electron chi connectivity index (χ3n) is 2.61. The molecule has 5 heteroatoms. The van der Waals surface area contributed by atoms with E-state index in [0.717, 1.165) is 37.4 Å². The zero-order chi connectivity index (χ0) is 12.8. The molecule has 0 radical (unpaired) electrons. The van der Waals surface area contributed by atoms with Crippen molar-refractivity contribution in [2.24, 2.45) is 0 Å². The van der Waals surface area contributed by atoms with E-state index in [-0.39, 0.29) is 0 Å². The monoisotopic (exact) mass is 245 g/mol. The molecule has 0 atom stereocenters. The predicted molar refractivity (Wildman–Crippen MR) is 71.9 cm³/mol. The highest BCUT2D eigenvalue weighted by Crippen LogP contribution is 2.10. The fourth-order valence-corrected chi connectivity index (χ4v) is 1.76. The number of hydrogen-bond acceptors (Lipinski definition) is 4. The number of hydrogen-bond donors (Lipinski definition) is 1. The van der Waals surface area contributed by atoms with Gasteiger partial charge in [-0.2, -0.15) is 4.98 Å². The molecule has 1 N–H and O–H groups in total. The number of nitrogens with zero attached hydrogens (tertiary/aromatic N) is 4. The summed E-state index contributed by atoms with van der Waals surface area (Å²) in [4.78, 5) is 13.1. The number of anilines is 1. The van der Waals surface area contributed by atoms with Gasteiger partial charge in [-0.1, -0.05) is 13.8 Å². The molecule has 0 aliphatic carbocycles. The summed E-state index contributed by atoms with van der Waals surface area (Å²) in [7, 11) is 0. The summed E-state index contributed by atoms with van der Waals surface area (Å²) in [5.74, 6) is 2.58. The number of nitrogens with one attached hydrogen (secondary N) is 1. The van der Waals surface area contributed by atoms with Gasteiger partial charge in [-0.05, 0) is 18.9 Å². The lowest BCUT2D eigenvalue weighted by atomic mass is 10.3. The van der Waals surface area contributed by atoms with Crippen LogP contribution in [0.2, 0.25) is 0 Å².